The molecule has 0 saturated heterocycles. The van der Waals surface area contributed by atoms with Crippen molar-refractivity contribution < 1.29 is 0 Å². The molecule has 2 atom stereocenters. The Balaban J connectivity index is 1.54. The van der Waals surface area contributed by atoms with Gasteiger partial charge in [-0.25, -0.2) is 0 Å². The lowest BCUT2D eigenvalue weighted by molar-refractivity contribution is 0.0184. The monoisotopic (exact) mass is 314 g/mol. The Bertz CT molecular complexity index is 863. The third-order valence-electron chi connectivity index (χ3n) is 6.46. The molecule has 0 N–H and O–H groups in total. The van der Waals surface area contributed by atoms with Crippen LogP contribution >= 0.6 is 0 Å². The summed E-state index contributed by atoms with van der Waals surface area (Å²) in [5.74, 6) is 1.83. The molecule has 120 valence electrons. The van der Waals surface area contributed by atoms with Gasteiger partial charge in [0.2, 0.25) is 0 Å². The Morgan fingerprint density at radius 1 is 1.08 bits per heavy atom. The van der Waals surface area contributed by atoms with Crippen molar-refractivity contribution in [3.63, 3.8) is 0 Å². The molecule has 4 aliphatic carbocycles. The summed E-state index contributed by atoms with van der Waals surface area (Å²) in [7, 11) is 0. The summed E-state index contributed by atoms with van der Waals surface area (Å²) < 4.78 is 0. The van der Waals surface area contributed by atoms with Crippen LogP contribution in [0.1, 0.15) is 48.9 Å². The first kappa shape index (κ1) is 14.2. The zero-order valence-corrected chi connectivity index (χ0v) is 14.2. The van der Waals surface area contributed by atoms with Gasteiger partial charge in [-0.05, 0) is 59.4 Å². The molecule has 2 nitrogen and oxygen atoms in total. The number of hydrogen-bond donors (Lipinski definition) is 0. The van der Waals surface area contributed by atoms with E-state index in [-0.39, 0.29) is 0 Å². The van der Waals surface area contributed by atoms with Crippen LogP contribution in [0.4, 0.5) is 0 Å². The van der Waals surface area contributed by atoms with Crippen molar-refractivity contribution in [2.45, 2.75) is 38.5 Å². The van der Waals surface area contributed by atoms with E-state index in [1.807, 2.05) is 0 Å². The lowest BCUT2D eigenvalue weighted by Gasteiger charge is -2.57. The maximum absolute atomic E-state index is 4.88. The number of nitrogens with zero attached hydrogens (tertiary/aromatic N) is 2. The van der Waals surface area contributed by atoms with Gasteiger partial charge in [0.25, 0.3) is 0 Å². The molecule has 2 aromatic rings. The molecule has 2 heteroatoms. The third-order valence-corrected chi connectivity index (χ3v) is 6.46. The fourth-order valence-corrected chi connectivity index (χ4v) is 4.70. The number of hydrogen-bond acceptors (Lipinski definition) is 2. The summed E-state index contributed by atoms with van der Waals surface area (Å²) >= 11 is 0. The lowest BCUT2D eigenvalue weighted by Crippen LogP contribution is -2.48. The van der Waals surface area contributed by atoms with Gasteiger partial charge >= 0.3 is 0 Å². The second kappa shape index (κ2) is 4.89. The molecule has 0 aliphatic heterocycles. The fourth-order valence-electron chi connectivity index (χ4n) is 4.70. The molecule has 2 aromatic heterocycles. The molecule has 0 amide bonds. The quantitative estimate of drug-likeness (QED) is 0.776. The largest absolute Gasteiger partial charge is 0.254 e. The van der Waals surface area contributed by atoms with Gasteiger partial charge in [-0.3, -0.25) is 9.97 Å². The van der Waals surface area contributed by atoms with Gasteiger partial charge in [-0.15, -0.1) is 0 Å². The smallest absolute Gasteiger partial charge is 0.0889 e. The van der Waals surface area contributed by atoms with Crippen LogP contribution in [0, 0.1) is 11.3 Å². The Morgan fingerprint density at radius 3 is 2.71 bits per heavy atom. The summed E-state index contributed by atoms with van der Waals surface area (Å²) in [5, 5.41) is 0. The van der Waals surface area contributed by atoms with Gasteiger partial charge in [-0.1, -0.05) is 44.2 Å². The van der Waals surface area contributed by atoms with Gasteiger partial charge in [0.05, 0.1) is 17.1 Å². The van der Waals surface area contributed by atoms with E-state index in [4.69, 9.17) is 9.97 Å². The molecule has 24 heavy (non-hydrogen) atoms. The van der Waals surface area contributed by atoms with Crippen LogP contribution in [0.3, 0.4) is 0 Å². The molecule has 2 heterocycles. The van der Waals surface area contributed by atoms with Crippen molar-refractivity contribution in [3.8, 4) is 11.4 Å². The number of aromatic nitrogens is 2. The SMILES string of the molecule is CC1(C)[C@H]2Cc3cnc(-c4cccc(C5C=CC=C5)n4)cc3[C@@H]1C2. The van der Waals surface area contributed by atoms with Crippen molar-refractivity contribution >= 4 is 0 Å². The highest BCUT2D eigenvalue weighted by Crippen LogP contribution is 2.62. The van der Waals surface area contributed by atoms with Crippen LogP contribution in [-0.2, 0) is 6.42 Å². The van der Waals surface area contributed by atoms with E-state index in [2.05, 4.69) is 68.6 Å². The molecular weight excluding hydrogens is 292 g/mol. The van der Waals surface area contributed by atoms with Crippen molar-refractivity contribution in [1.29, 1.82) is 0 Å². The average Bonchev–Trinajstić information content (AvgIpc) is 3.15. The molecule has 4 aliphatic rings. The van der Waals surface area contributed by atoms with Crippen LogP contribution in [0.25, 0.3) is 11.4 Å². The summed E-state index contributed by atoms with van der Waals surface area (Å²) in [5.41, 5.74) is 6.52. The highest BCUT2D eigenvalue weighted by molar-refractivity contribution is 5.58. The highest BCUT2D eigenvalue weighted by atomic mass is 14.8. The fraction of sp³-hybridized carbons (Fsp3) is 0.364. The maximum atomic E-state index is 4.88. The minimum absolute atomic E-state index is 0.300. The van der Waals surface area contributed by atoms with Crippen LogP contribution in [-0.4, -0.2) is 9.97 Å². The van der Waals surface area contributed by atoms with E-state index in [0.29, 0.717) is 17.3 Å². The predicted octanol–water partition coefficient (Wildman–Crippen LogP) is 5.04. The molecule has 2 bridgehead atoms. The summed E-state index contributed by atoms with van der Waals surface area (Å²) in [6.07, 6.45) is 13.2. The predicted molar refractivity (Wildman–Crippen MR) is 96.8 cm³/mol. The van der Waals surface area contributed by atoms with Gasteiger partial charge in [0, 0.05) is 12.1 Å². The second-order valence-corrected chi connectivity index (χ2v) is 8.02. The molecule has 1 saturated carbocycles. The molecular formula is C22H22N2. The van der Waals surface area contributed by atoms with Crippen LogP contribution in [0.5, 0.6) is 0 Å². The van der Waals surface area contributed by atoms with Gasteiger partial charge in [0.1, 0.15) is 0 Å². The minimum atomic E-state index is 0.300. The second-order valence-electron chi connectivity index (χ2n) is 8.02. The minimum Gasteiger partial charge on any atom is -0.254 e. The molecule has 0 spiro atoms. The lowest BCUT2D eigenvalue weighted by atomic mass is 9.47. The van der Waals surface area contributed by atoms with E-state index in [1.165, 1.54) is 24.0 Å². The Hall–Kier alpha value is -2.22. The number of allylic oxidation sites excluding steroid dienone is 4. The van der Waals surface area contributed by atoms with Gasteiger partial charge < -0.3 is 0 Å². The Morgan fingerprint density at radius 2 is 1.92 bits per heavy atom. The maximum Gasteiger partial charge on any atom is 0.0889 e. The standard InChI is InChI=1S/C22H22N2/c1-22(2)16-10-15-13-23-21(12-17(15)18(22)11-16)20-9-5-8-19(24-20)14-6-3-4-7-14/h3-9,12-14,16,18H,10-11H2,1-2H3/t16-,18-/m0/s1. The van der Waals surface area contributed by atoms with Crippen molar-refractivity contribution in [2.75, 3.05) is 0 Å². The first-order chi connectivity index (χ1) is 11.6. The summed E-state index contributed by atoms with van der Waals surface area (Å²) in [4.78, 5) is 9.62. The third kappa shape index (κ3) is 1.95. The zero-order chi connectivity index (χ0) is 16.3. The van der Waals surface area contributed by atoms with Crippen LogP contribution in [0.2, 0.25) is 0 Å². The molecule has 6 rings (SSSR count). The number of rotatable bonds is 2. The zero-order valence-electron chi connectivity index (χ0n) is 14.2. The van der Waals surface area contributed by atoms with Gasteiger partial charge in [0.15, 0.2) is 0 Å². The summed E-state index contributed by atoms with van der Waals surface area (Å²) in [6, 6.07) is 8.59. The van der Waals surface area contributed by atoms with Crippen LogP contribution in [0.15, 0.2) is 54.8 Å². The van der Waals surface area contributed by atoms with E-state index in [9.17, 15) is 0 Å². The molecule has 0 radical (unpaired) electrons. The van der Waals surface area contributed by atoms with Crippen molar-refractivity contribution in [3.05, 3.63) is 71.6 Å². The van der Waals surface area contributed by atoms with E-state index in [0.717, 1.165) is 23.0 Å². The number of pyridine rings is 2. The highest BCUT2D eigenvalue weighted by Gasteiger charge is 2.52. The average molecular weight is 314 g/mol. The molecule has 0 aromatic carbocycles. The first-order valence-corrected chi connectivity index (χ1v) is 8.94. The van der Waals surface area contributed by atoms with Crippen molar-refractivity contribution in [2.24, 2.45) is 11.3 Å². The van der Waals surface area contributed by atoms with Gasteiger partial charge in [-0.2, -0.15) is 0 Å². The van der Waals surface area contributed by atoms with E-state index >= 15 is 0 Å². The molecule has 1 fully saturated rings. The topological polar surface area (TPSA) is 25.8 Å². The normalized spacial score (nSPS) is 26.2. The van der Waals surface area contributed by atoms with Crippen molar-refractivity contribution in [1.82, 2.24) is 9.97 Å². The Labute approximate surface area is 143 Å². The van der Waals surface area contributed by atoms with Crippen LogP contribution < -0.4 is 0 Å². The summed E-state index contributed by atoms with van der Waals surface area (Å²) in [6.45, 7) is 4.85. The van der Waals surface area contributed by atoms with E-state index < -0.39 is 0 Å². The first-order valence-electron chi connectivity index (χ1n) is 8.94. The van der Waals surface area contributed by atoms with E-state index in [1.54, 1.807) is 0 Å². The Kier molecular flexibility index (Phi) is 2.88. The molecule has 0 unspecified atom stereocenters.